The average molecular weight is 558 g/mol. The molecule has 0 aliphatic carbocycles. The summed E-state index contributed by atoms with van der Waals surface area (Å²) in [5, 5.41) is 0. The van der Waals surface area contributed by atoms with Gasteiger partial charge in [0.05, 0.1) is 43.0 Å². The van der Waals surface area contributed by atoms with Gasteiger partial charge >= 0.3 is 0 Å². The zero-order valence-electron chi connectivity index (χ0n) is 21.3. The molecule has 1 amide bonds. The molecule has 1 heterocycles. The second-order valence-electron chi connectivity index (χ2n) is 7.98. The third-order valence-electron chi connectivity index (χ3n) is 5.64. The van der Waals surface area contributed by atoms with Crippen LogP contribution >= 0.6 is 11.3 Å². The quantitative estimate of drug-likeness (QED) is 0.314. The number of anilines is 1. The number of nitrogens with zero attached hydrogens (tertiary/aromatic N) is 2. The Bertz CT molecular complexity index is 1630. The lowest BCUT2D eigenvalue weighted by atomic mass is 10.2. The van der Waals surface area contributed by atoms with Gasteiger partial charge in [0.25, 0.3) is 15.9 Å². The first-order valence-corrected chi connectivity index (χ1v) is 13.7. The van der Waals surface area contributed by atoms with Crippen LogP contribution < -0.4 is 23.7 Å². The molecule has 0 spiro atoms. The van der Waals surface area contributed by atoms with E-state index in [1.807, 2.05) is 16.7 Å². The molecule has 1 N–H and O–H groups in total. The van der Waals surface area contributed by atoms with Crippen molar-refractivity contribution >= 4 is 43.2 Å². The number of sulfonamides is 1. The maximum Gasteiger partial charge on any atom is 0.279 e. The molecule has 10 nitrogen and oxygen atoms in total. The van der Waals surface area contributed by atoms with Crippen LogP contribution in [0.15, 0.2) is 70.6 Å². The molecule has 0 bridgehead atoms. The fourth-order valence-electron chi connectivity index (χ4n) is 3.72. The van der Waals surface area contributed by atoms with Crippen LogP contribution in [0.4, 0.5) is 5.69 Å². The third-order valence-corrected chi connectivity index (χ3v) is 8.07. The van der Waals surface area contributed by atoms with Crippen molar-refractivity contribution in [2.75, 3.05) is 39.8 Å². The van der Waals surface area contributed by atoms with Gasteiger partial charge in [-0.2, -0.15) is 4.99 Å². The Balaban J connectivity index is 1.68. The summed E-state index contributed by atoms with van der Waals surface area (Å²) >= 11 is 1.32. The molecule has 0 saturated carbocycles. The van der Waals surface area contributed by atoms with Crippen LogP contribution in [0.3, 0.4) is 0 Å². The minimum atomic E-state index is -3.87. The molecule has 200 valence electrons. The van der Waals surface area contributed by atoms with Crippen LogP contribution in [0, 0.1) is 0 Å². The zero-order valence-corrected chi connectivity index (χ0v) is 22.9. The van der Waals surface area contributed by atoms with E-state index in [0.717, 1.165) is 10.2 Å². The Morgan fingerprint density at radius 3 is 2.32 bits per heavy atom. The fraction of sp³-hybridized carbons (Fsp3) is 0.231. The van der Waals surface area contributed by atoms with Crippen LogP contribution in [-0.4, -0.2) is 53.9 Å². The van der Waals surface area contributed by atoms with E-state index in [9.17, 15) is 13.2 Å². The Labute approximate surface area is 224 Å². The molecule has 0 atom stereocenters. The van der Waals surface area contributed by atoms with E-state index in [0.29, 0.717) is 35.2 Å². The van der Waals surface area contributed by atoms with Crippen molar-refractivity contribution < 1.29 is 32.2 Å². The standard InChI is InChI=1S/C26H27N3O7S2/c1-33-13-12-29-21-15-22(35-3)23(36-4)16-24(21)37-26(29)27-25(30)17-6-5-7-18(14-17)28-38(31,32)20-10-8-19(34-2)9-11-20/h5-11,14-16,28H,12-13H2,1-4H3. The van der Waals surface area contributed by atoms with Crippen molar-refractivity contribution in [1.29, 1.82) is 0 Å². The predicted octanol–water partition coefficient (Wildman–Crippen LogP) is 3.92. The number of nitrogens with one attached hydrogen (secondary N) is 1. The van der Waals surface area contributed by atoms with Gasteiger partial charge in [-0.3, -0.25) is 9.52 Å². The summed E-state index contributed by atoms with van der Waals surface area (Å²) in [4.78, 5) is 18.1. The molecule has 0 aliphatic rings. The molecule has 1 aromatic heterocycles. The Morgan fingerprint density at radius 1 is 0.947 bits per heavy atom. The molecule has 0 fully saturated rings. The number of rotatable bonds is 10. The van der Waals surface area contributed by atoms with Crippen molar-refractivity contribution in [3.63, 3.8) is 0 Å². The molecular weight excluding hydrogens is 530 g/mol. The molecule has 0 radical (unpaired) electrons. The number of carbonyl (C=O) groups excluding carboxylic acids is 1. The molecule has 3 aromatic carbocycles. The minimum Gasteiger partial charge on any atom is -0.497 e. The molecule has 0 saturated heterocycles. The topological polar surface area (TPSA) is 117 Å². The van der Waals surface area contributed by atoms with E-state index in [1.54, 1.807) is 51.7 Å². The van der Waals surface area contributed by atoms with Crippen LogP contribution in [0.2, 0.25) is 0 Å². The van der Waals surface area contributed by atoms with Gasteiger partial charge < -0.3 is 23.5 Å². The molecule has 0 aliphatic heterocycles. The maximum absolute atomic E-state index is 13.2. The summed E-state index contributed by atoms with van der Waals surface area (Å²) in [6.45, 7) is 0.865. The van der Waals surface area contributed by atoms with Gasteiger partial charge in [-0.1, -0.05) is 17.4 Å². The second kappa shape index (κ2) is 11.7. The average Bonchev–Trinajstić information content (AvgIpc) is 3.26. The largest absolute Gasteiger partial charge is 0.497 e. The lowest BCUT2D eigenvalue weighted by Gasteiger charge is -2.10. The highest BCUT2D eigenvalue weighted by Crippen LogP contribution is 2.33. The van der Waals surface area contributed by atoms with Crippen LogP contribution in [0.5, 0.6) is 17.2 Å². The highest BCUT2D eigenvalue weighted by atomic mass is 32.2. The maximum atomic E-state index is 13.2. The number of hydrogen-bond donors (Lipinski definition) is 1. The minimum absolute atomic E-state index is 0.0648. The summed E-state index contributed by atoms with van der Waals surface area (Å²) in [5.41, 5.74) is 1.28. The molecular formula is C26H27N3O7S2. The van der Waals surface area contributed by atoms with E-state index in [-0.39, 0.29) is 16.1 Å². The summed E-state index contributed by atoms with van der Waals surface area (Å²) < 4.78 is 52.1. The summed E-state index contributed by atoms with van der Waals surface area (Å²) in [5.74, 6) is 1.14. The van der Waals surface area contributed by atoms with E-state index >= 15 is 0 Å². The second-order valence-corrected chi connectivity index (χ2v) is 10.7. The Hall–Kier alpha value is -3.87. The number of amides is 1. The van der Waals surface area contributed by atoms with Gasteiger partial charge in [-0.25, -0.2) is 8.42 Å². The van der Waals surface area contributed by atoms with Gasteiger partial charge in [-0.05, 0) is 42.5 Å². The van der Waals surface area contributed by atoms with Crippen LogP contribution in [0.25, 0.3) is 10.2 Å². The lowest BCUT2D eigenvalue weighted by molar-refractivity contribution is 0.0997. The Morgan fingerprint density at radius 2 is 1.66 bits per heavy atom. The summed E-state index contributed by atoms with van der Waals surface area (Å²) in [7, 11) is 2.34. The highest BCUT2D eigenvalue weighted by molar-refractivity contribution is 7.92. The van der Waals surface area contributed by atoms with E-state index in [1.165, 1.54) is 36.6 Å². The normalized spacial score (nSPS) is 11.9. The number of fused-ring (bicyclic) bond motifs is 1. The first-order chi connectivity index (χ1) is 18.3. The first-order valence-electron chi connectivity index (χ1n) is 11.4. The molecule has 4 rings (SSSR count). The third kappa shape index (κ3) is 5.82. The number of carbonyl (C=O) groups is 1. The number of ether oxygens (including phenoxy) is 4. The van der Waals surface area contributed by atoms with Crippen LogP contribution in [0.1, 0.15) is 10.4 Å². The van der Waals surface area contributed by atoms with Crippen molar-refractivity contribution in [3.05, 3.63) is 71.0 Å². The number of aromatic nitrogens is 1. The number of benzene rings is 3. The molecule has 4 aromatic rings. The highest BCUT2D eigenvalue weighted by Gasteiger charge is 2.17. The number of hydrogen-bond acceptors (Lipinski definition) is 8. The van der Waals surface area contributed by atoms with Crippen LogP contribution in [-0.2, 0) is 21.3 Å². The van der Waals surface area contributed by atoms with Crippen molar-refractivity contribution in [2.45, 2.75) is 11.4 Å². The van der Waals surface area contributed by atoms with Gasteiger partial charge in [-0.15, -0.1) is 0 Å². The summed E-state index contributed by atoms with van der Waals surface area (Å²) in [6.07, 6.45) is 0. The zero-order chi connectivity index (χ0) is 27.3. The smallest absolute Gasteiger partial charge is 0.279 e. The molecule has 38 heavy (non-hydrogen) atoms. The number of thiazole rings is 1. The lowest BCUT2D eigenvalue weighted by Crippen LogP contribution is -2.19. The molecule has 0 unspecified atom stereocenters. The van der Waals surface area contributed by atoms with Gasteiger partial charge in [0.15, 0.2) is 16.3 Å². The predicted molar refractivity (Wildman–Crippen MR) is 145 cm³/mol. The van der Waals surface area contributed by atoms with Gasteiger partial charge in [0, 0.05) is 37.0 Å². The Kier molecular flexibility index (Phi) is 8.35. The van der Waals surface area contributed by atoms with E-state index < -0.39 is 15.9 Å². The fourth-order valence-corrected chi connectivity index (χ4v) is 5.83. The van der Waals surface area contributed by atoms with Crippen molar-refractivity contribution in [1.82, 2.24) is 4.57 Å². The van der Waals surface area contributed by atoms with Gasteiger partial charge in [0.2, 0.25) is 0 Å². The van der Waals surface area contributed by atoms with Gasteiger partial charge in [0.1, 0.15) is 5.75 Å². The first kappa shape index (κ1) is 27.2. The number of methoxy groups -OCH3 is 4. The monoisotopic (exact) mass is 557 g/mol. The van der Waals surface area contributed by atoms with E-state index in [2.05, 4.69) is 9.71 Å². The summed E-state index contributed by atoms with van der Waals surface area (Å²) in [6, 6.07) is 15.8. The molecule has 12 heteroatoms. The SMILES string of the molecule is COCCn1c(=NC(=O)c2cccc(NS(=O)(=O)c3ccc(OC)cc3)c2)sc2cc(OC)c(OC)cc21. The van der Waals surface area contributed by atoms with Crippen molar-refractivity contribution in [3.8, 4) is 17.2 Å². The van der Waals surface area contributed by atoms with E-state index in [4.69, 9.17) is 18.9 Å². The van der Waals surface area contributed by atoms with Crippen molar-refractivity contribution in [2.24, 2.45) is 4.99 Å².